The lowest BCUT2D eigenvalue weighted by atomic mass is 10.3. The van der Waals surface area contributed by atoms with Crippen LogP contribution in [0.1, 0.15) is 5.69 Å². The predicted molar refractivity (Wildman–Crippen MR) is 58.6 cm³/mol. The van der Waals surface area contributed by atoms with E-state index in [9.17, 15) is 8.78 Å². The molecule has 1 N–H and O–H groups in total. The second-order valence-electron chi connectivity index (χ2n) is 3.27. The van der Waals surface area contributed by atoms with Gasteiger partial charge in [0.25, 0.3) is 0 Å². The van der Waals surface area contributed by atoms with Gasteiger partial charge in [-0.3, -0.25) is 0 Å². The van der Waals surface area contributed by atoms with Crippen LogP contribution in [0.2, 0.25) is 0 Å². The summed E-state index contributed by atoms with van der Waals surface area (Å²) in [7, 11) is 0. The Morgan fingerprint density at radius 3 is 2.65 bits per heavy atom. The topological polar surface area (TPSA) is 48.7 Å². The van der Waals surface area contributed by atoms with Gasteiger partial charge in [0, 0.05) is 11.8 Å². The first-order valence-electron chi connectivity index (χ1n) is 4.78. The number of pyridine rings is 1. The smallest absolute Gasteiger partial charge is 0.160 e. The second-order valence-corrected chi connectivity index (χ2v) is 3.27. The van der Waals surface area contributed by atoms with E-state index >= 15 is 0 Å². The van der Waals surface area contributed by atoms with Gasteiger partial charge >= 0.3 is 0 Å². The molecule has 1 aromatic heterocycles. The van der Waals surface area contributed by atoms with Crippen molar-refractivity contribution in [3.63, 3.8) is 0 Å². The van der Waals surface area contributed by atoms with Gasteiger partial charge in [-0.05, 0) is 24.3 Å². The molecule has 0 unspecified atom stereocenters. The van der Waals surface area contributed by atoms with Gasteiger partial charge in [-0.25, -0.2) is 13.8 Å². The summed E-state index contributed by atoms with van der Waals surface area (Å²) >= 11 is 0. The third kappa shape index (κ3) is 2.55. The molecule has 0 bridgehead atoms. The highest BCUT2D eigenvalue weighted by Crippen LogP contribution is 2.17. The normalized spacial score (nSPS) is 9.71. The van der Waals surface area contributed by atoms with Crippen LogP contribution in [0.25, 0.3) is 0 Å². The molecular formula is C12H7F2N3. The molecule has 0 aliphatic rings. The monoisotopic (exact) mass is 231 g/mol. The van der Waals surface area contributed by atoms with E-state index < -0.39 is 11.6 Å². The summed E-state index contributed by atoms with van der Waals surface area (Å²) in [4.78, 5) is 3.95. The van der Waals surface area contributed by atoms with E-state index in [0.717, 1.165) is 12.1 Å². The second kappa shape index (κ2) is 4.58. The van der Waals surface area contributed by atoms with E-state index in [-0.39, 0.29) is 5.69 Å². The Morgan fingerprint density at radius 2 is 1.94 bits per heavy atom. The van der Waals surface area contributed by atoms with Crippen molar-refractivity contribution >= 4 is 11.5 Å². The Labute approximate surface area is 96.3 Å². The molecule has 1 heterocycles. The van der Waals surface area contributed by atoms with Crippen LogP contribution in [0.15, 0.2) is 36.4 Å². The lowest BCUT2D eigenvalue weighted by molar-refractivity contribution is 0.509. The minimum absolute atomic E-state index is 0.248. The van der Waals surface area contributed by atoms with Gasteiger partial charge in [-0.2, -0.15) is 5.26 Å². The lowest BCUT2D eigenvalue weighted by Crippen LogP contribution is -1.96. The number of benzene rings is 1. The summed E-state index contributed by atoms with van der Waals surface area (Å²) in [5.74, 6) is -1.45. The summed E-state index contributed by atoms with van der Waals surface area (Å²) in [5.41, 5.74) is 0.615. The SMILES string of the molecule is N#Cc1cccc(Nc2ccc(F)c(F)c2)n1. The Balaban J connectivity index is 2.25. The fourth-order valence-electron chi connectivity index (χ4n) is 1.29. The van der Waals surface area contributed by atoms with Crippen molar-refractivity contribution in [2.24, 2.45) is 0 Å². The Hall–Kier alpha value is -2.48. The molecule has 1 aromatic carbocycles. The predicted octanol–water partition coefficient (Wildman–Crippen LogP) is 2.98. The first-order valence-corrected chi connectivity index (χ1v) is 4.78. The first kappa shape index (κ1) is 11.0. The molecular weight excluding hydrogens is 224 g/mol. The highest BCUT2D eigenvalue weighted by Gasteiger charge is 2.03. The molecule has 0 saturated heterocycles. The lowest BCUT2D eigenvalue weighted by Gasteiger charge is -2.05. The van der Waals surface area contributed by atoms with Crippen molar-refractivity contribution in [1.82, 2.24) is 4.98 Å². The number of nitriles is 1. The molecule has 5 heteroatoms. The van der Waals surface area contributed by atoms with Crippen LogP contribution < -0.4 is 5.32 Å². The van der Waals surface area contributed by atoms with E-state index in [1.165, 1.54) is 6.07 Å². The van der Waals surface area contributed by atoms with Crippen LogP contribution in [0, 0.1) is 23.0 Å². The van der Waals surface area contributed by atoms with Gasteiger partial charge in [0.15, 0.2) is 11.6 Å². The fraction of sp³-hybridized carbons (Fsp3) is 0. The van der Waals surface area contributed by atoms with E-state index in [2.05, 4.69) is 10.3 Å². The number of rotatable bonds is 2. The number of nitrogens with zero attached hydrogens (tertiary/aromatic N) is 2. The summed E-state index contributed by atoms with van der Waals surface area (Å²) < 4.78 is 25.6. The standard InChI is InChI=1S/C12H7F2N3/c13-10-5-4-8(6-11(10)14)16-12-3-1-2-9(7-15)17-12/h1-6H,(H,16,17). The van der Waals surface area contributed by atoms with Crippen molar-refractivity contribution in [3.05, 3.63) is 53.7 Å². The summed E-state index contributed by atoms with van der Waals surface area (Å²) in [6.45, 7) is 0. The maximum atomic E-state index is 12.9. The minimum atomic E-state index is -0.938. The zero-order chi connectivity index (χ0) is 12.3. The van der Waals surface area contributed by atoms with Crippen molar-refractivity contribution in [2.45, 2.75) is 0 Å². The average Bonchev–Trinajstić information content (AvgIpc) is 2.34. The van der Waals surface area contributed by atoms with Crippen LogP contribution in [-0.2, 0) is 0 Å². The zero-order valence-corrected chi connectivity index (χ0v) is 8.61. The molecule has 0 spiro atoms. The van der Waals surface area contributed by atoms with Crippen LogP contribution in [0.5, 0.6) is 0 Å². The molecule has 0 radical (unpaired) electrons. The molecule has 2 aromatic rings. The molecule has 0 aliphatic heterocycles. The van der Waals surface area contributed by atoms with Crippen LogP contribution in [0.4, 0.5) is 20.3 Å². The van der Waals surface area contributed by atoms with Crippen LogP contribution in [0.3, 0.4) is 0 Å². The quantitative estimate of drug-likeness (QED) is 0.864. The number of hydrogen-bond donors (Lipinski definition) is 1. The van der Waals surface area contributed by atoms with Gasteiger partial charge in [0.1, 0.15) is 17.6 Å². The van der Waals surface area contributed by atoms with E-state index in [1.807, 2.05) is 6.07 Å². The largest absolute Gasteiger partial charge is 0.340 e. The highest BCUT2D eigenvalue weighted by molar-refractivity contribution is 5.56. The number of nitrogens with one attached hydrogen (secondary N) is 1. The molecule has 0 atom stereocenters. The summed E-state index contributed by atoms with van der Waals surface area (Å²) in [6.07, 6.45) is 0. The van der Waals surface area contributed by atoms with Gasteiger partial charge in [0.2, 0.25) is 0 Å². The number of anilines is 2. The average molecular weight is 231 g/mol. The Kier molecular flexibility index (Phi) is 2.97. The molecule has 2 rings (SSSR count). The first-order chi connectivity index (χ1) is 8.19. The van der Waals surface area contributed by atoms with Crippen LogP contribution in [-0.4, -0.2) is 4.98 Å². The van der Waals surface area contributed by atoms with Gasteiger partial charge < -0.3 is 5.32 Å². The van der Waals surface area contributed by atoms with E-state index in [1.54, 1.807) is 18.2 Å². The maximum absolute atomic E-state index is 12.9. The molecule has 3 nitrogen and oxygen atoms in total. The minimum Gasteiger partial charge on any atom is -0.340 e. The molecule has 0 saturated carbocycles. The summed E-state index contributed by atoms with van der Waals surface area (Å²) in [6, 6.07) is 10.1. The maximum Gasteiger partial charge on any atom is 0.160 e. The van der Waals surface area contributed by atoms with E-state index in [0.29, 0.717) is 11.5 Å². The zero-order valence-electron chi connectivity index (χ0n) is 8.61. The third-order valence-electron chi connectivity index (χ3n) is 2.06. The van der Waals surface area contributed by atoms with Gasteiger partial charge in [-0.1, -0.05) is 6.07 Å². The molecule has 84 valence electrons. The van der Waals surface area contributed by atoms with Crippen molar-refractivity contribution < 1.29 is 8.78 Å². The van der Waals surface area contributed by atoms with Crippen molar-refractivity contribution in [3.8, 4) is 6.07 Å². The Bertz CT molecular complexity index is 591. The fourth-order valence-corrected chi connectivity index (χ4v) is 1.29. The molecule has 17 heavy (non-hydrogen) atoms. The number of aromatic nitrogens is 1. The van der Waals surface area contributed by atoms with Crippen molar-refractivity contribution in [1.29, 1.82) is 5.26 Å². The van der Waals surface area contributed by atoms with Crippen LogP contribution >= 0.6 is 0 Å². The molecule has 0 aliphatic carbocycles. The highest BCUT2D eigenvalue weighted by atomic mass is 19.2. The number of hydrogen-bond acceptors (Lipinski definition) is 3. The van der Waals surface area contributed by atoms with Gasteiger partial charge in [-0.15, -0.1) is 0 Å². The molecule has 0 fully saturated rings. The van der Waals surface area contributed by atoms with Gasteiger partial charge in [0.05, 0.1) is 0 Å². The summed E-state index contributed by atoms with van der Waals surface area (Å²) in [5, 5.41) is 11.4. The third-order valence-corrected chi connectivity index (χ3v) is 2.06. The molecule has 0 amide bonds. The number of halogens is 2. The van der Waals surface area contributed by atoms with E-state index in [4.69, 9.17) is 5.26 Å². The Morgan fingerprint density at radius 1 is 1.12 bits per heavy atom. The van der Waals surface area contributed by atoms with Crippen molar-refractivity contribution in [2.75, 3.05) is 5.32 Å².